The fourth-order valence-corrected chi connectivity index (χ4v) is 7.64. The molecule has 0 unspecified atom stereocenters. The van der Waals surface area contributed by atoms with Gasteiger partial charge in [0.1, 0.15) is 15.9 Å². The standard InChI is InChI=1S/C43H43N4O3S/c1-5-22-46(23-21-32-17-18-32)39-27-38(48)41-40(50-39)33(28-51-41)20-19-31-15-13-30(14-16-31)9-8-10-35-25-29(2)24-34-26-37(43(49)45(3)4)47(42(34)44-35)36-11-6-7-12-36/h8,10,13-18,24-28,36H,2,5-7,9,11-12,21-23H2,1,3-4H3/b10-8+. The van der Waals surface area contributed by atoms with Crippen molar-refractivity contribution in [1.82, 2.24) is 9.47 Å². The Labute approximate surface area is 303 Å². The summed E-state index contributed by atoms with van der Waals surface area (Å²) in [7, 11) is 3.59. The van der Waals surface area contributed by atoms with Crippen LogP contribution in [-0.4, -0.2) is 42.6 Å². The van der Waals surface area contributed by atoms with E-state index in [-0.39, 0.29) is 17.4 Å². The average Bonchev–Trinajstić information content (AvgIpc) is 3.48. The Morgan fingerprint density at radius 3 is 2.63 bits per heavy atom. The number of thiophene rings is 1. The number of allylic oxidation sites excluding steroid dienone is 5. The van der Waals surface area contributed by atoms with E-state index in [1.807, 2.05) is 41.8 Å². The van der Waals surface area contributed by atoms with Gasteiger partial charge < -0.3 is 18.8 Å². The van der Waals surface area contributed by atoms with E-state index in [4.69, 9.17) is 9.41 Å². The van der Waals surface area contributed by atoms with Crippen molar-refractivity contribution >= 4 is 39.5 Å². The zero-order chi connectivity index (χ0) is 35.5. The van der Waals surface area contributed by atoms with Gasteiger partial charge in [0.15, 0.2) is 11.5 Å². The molecule has 8 heteroatoms. The fourth-order valence-electron chi connectivity index (χ4n) is 6.80. The lowest BCUT2D eigenvalue weighted by molar-refractivity contribution is 0.0814. The molecule has 1 aromatic carbocycles. The minimum Gasteiger partial charge on any atom is -0.438 e. The summed E-state index contributed by atoms with van der Waals surface area (Å²) in [6.45, 7) is 8.01. The molecular formula is C43H43N4O3S. The molecule has 0 saturated heterocycles. The van der Waals surface area contributed by atoms with Crippen molar-refractivity contribution in [3.8, 4) is 11.8 Å². The van der Waals surface area contributed by atoms with Crippen LogP contribution in [0.15, 0.2) is 104 Å². The summed E-state index contributed by atoms with van der Waals surface area (Å²) in [5.41, 5.74) is 7.85. The van der Waals surface area contributed by atoms with Crippen molar-refractivity contribution in [2.24, 2.45) is 4.99 Å². The first-order chi connectivity index (χ1) is 24.8. The van der Waals surface area contributed by atoms with Crippen LogP contribution in [0.2, 0.25) is 0 Å². The van der Waals surface area contributed by atoms with Crippen LogP contribution in [0.25, 0.3) is 16.4 Å². The number of hydrogen-bond donors (Lipinski definition) is 0. The highest BCUT2D eigenvalue weighted by molar-refractivity contribution is 7.17. The molecule has 1 fully saturated rings. The number of benzene rings is 1. The summed E-state index contributed by atoms with van der Waals surface area (Å²) < 4.78 is 9.10. The Bertz CT molecular complexity index is 2330. The minimum atomic E-state index is -0.0257. The Balaban J connectivity index is 1.07. The highest BCUT2D eigenvalue weighted by Crippen LogP contribution is 2.30. The molecule has 7 rings (SSSR count). The zero-order valence-corrected chi connectivity index (χ0v) is 30.4. The average molecular weight is 696 g/mol. The van der Waals surface area contributed by atoms with E-state index in [9.17, 15) is 9.59 Å². The topological polar surface area (TPSA) is 71.1 Å². The second-order valence-electron chi connectivity index (χ2n) is 13.7. The quantitative estimate of drug-likeness (QED) is 0.155. The molecule has 4 aromatic rings. The number of carbonyl (C=O) groups is 1. The molecule has 1 amide bonds. The summed E-state index contributed by atoms with van der Waals surface area (Å²) in [5.74, 6) is 7.13. The van der Waals surface area contributed by atoms with Crippen LogP contribution in [0.4, 0.5) is 5.88 Å². The van der Waals surface area contributed by atoms with Crippen molar-refractivity contribution in [3.63, 3.8) is 0 Å². The zero-order valence-electron chi connectivity index (χ0n) is 29.6. The van der Waals surface area contributed by atoms with Gasteiger partial charge in [0.05, 0.1) is 11.3 Å². The molecule has 3 aromatic heterocycles. The molecule has 0 atom stereocenters. The number of aromatic nitrogens is 1. The van der Waals surface area contributed by atoms with Gasteiger partial charge >= 0.3 is 0 Å². The van der Waals surface area contributed by atoms with Gasteiger partial charge in [0, 0.05) is 61.9 Å². The van der Waals surface area contributed by atoms with Crippen LogP contribution in [0.5, 0.6) is 0 Å². The molecule has 0 bridgehead atoms. The van der Waals surface area contributed by atoms with E-state index in [0.717, 1.165) is 96.7 Å². The van der Waals surface area contributed by atoms with Crippen LogP contribution in [0, 0.1) is 18.3 Å². The summed E-state index contributed by atoms with van der Waals surface area (Å²) in [6.07, 6.45) is 19.5. The first-order valence-corrected chi connectivity index (χ1v) is 18.7. The Morgan fingerprint density at radius 2 is 1.90 bits per heavy atom. The van der Waals surface area contributed by atoms with Gasteiger partial charge in [0.25, 0.3) is 5.91 Å². The highest BCUT2D eigenvalue weighted by Gasteiger charge is 2.25. The van der Waals surface area contributed by atoms with Gasteiger partial charge in [0.2, 0.25) is 5.43 Å². The lowest BCUT2D eigenvalue weighted by Gasteiger charge is -2.22. The third-order valence-electron chi connectivity index (χ3n) is 9.51. The number of anilines is 1. The van der Waals surface area contributed by atoms with E-state index >= 15 is 0 Å². The third-order valence-corrected chi connectivity index (χ3v) is 10.5. The highest BCUT2D eigenvalue weighted by atomic mass is 32.1. The largest absolute Gasteiger partial charge is 0.438 e. The SMILES string of the molecule is C=C1C=C(/C=C/Cc2ccc(C#Cc3csc4c(=O)cc(N(CCC)CCC5=C[CH]5)oc34)cc2)N=c2c(cc(C(=O)N(C)C)n2C2CCCC2)=C1. The maximum absolute atomic E-state index is 13.2. The van der Waals surface area contributed by atoms with E-state index in [1.165, 1.54) is 16.9 Å². The Morgan fingerprint density at radius 1 is 1.12 bits per heavy atom. The number of carbonyl (C=O) groups excluding carboxylic acids is 1. The molecule has 259 valence electrons. The number of rotatable bonds is 11. The number of amides is 1. The Hall–Kier alpha value is -5.13. The van der Waals surface area contributed by atoms with Crippen molar-refractivity contribution in [2.45, 2.75) is 57.9 Å². The molecular weight excluding hydrogens is 653 g/mol. The van der Waals surface area contributed by atoms with Crippen LogP contribution >= 0.6 is 11.3 Å². The molecule has 51 heavy (non-hydrogen) atoms. The van der Waals surface area contributed by atoms with Crippen molar-refractivity contribution < 1.29 is 9.21 Å². The normalized spacial score (nSPS) is 15.4. The van der Waals surface area contributed by atoms with Gasteiger partial charge in [-0.15, -0.1) is 11.3 Å². The molecule has 0 spiro atoms. The molecule has 3 aliphatic rings. The van der Waals surface area contributed by atoms with Crippen LogP contribution in [0.1, 0.15) is 78.7 Å². The second-order valence-corrected chi connectivity index (χ2v) is 14.6. The second kappa shape index (κ2) is 15.0. The molecule has 1 radical (unpaired) electrons. The van der Waals surface area contributed by atoms with Gasteiger partial charge in [-0.25, -0.2) is 4.99 Å². The van der Waals surface area contributed by atoms with Crippen molar-refractivity contribution in [1.29, 1.82) is 0 Å². The van der Waals surface area contributed by atoms with Crippen molar-refractivity contribution in [2.75, 3.05) is 32.1 Å². The summed E-state index contributed by atoms with van der Waals surface area (Å²) >= 11 is 1.38. The first kappa shape index (κ1) is 34.3. The van der Waals surface area contributed by atoms with Crippen LogP contribution in [-0.2, 0) is 6.42 Å². The molecule has 2 aliphatic carbocycles. The summed E-state index contributed by atoms with van der Waals surface area (Å²) in [6, 6.07) is 12.1. The predicted molar refractivity (Wildman–Crippen MR) is 208 cm³/mol. The summed E-state index contributed by atoms with van der Waals surface area (Å²) in [5, 5.41) is 2.85. The lowest BCUT2D eigenvalue weighted by atomic mass is 10.1. The predicted octanol–water partition coefficient (Wildman–Crippen LogP) is 7.28. The smallest absolute Gasteiger partial charge is 0.270 e. The maximum atomic E-state index is 13.2. The number of nitrogens with zero attached hydrogens (tertiary/aromatic N) is 4. The molecule has 1 aliphatic heterocycles. The van der Waals surface area contributed by atoms with Crippen LogP contribution < -0.4 is 21.0 Å². The van der Waals surface area contributed by atoms with Gasteiger partial charge in [-0.05, 0) is 79.7 Å². The lowest BCUT2D eigenvalue weighted by Crippen LogP contribution is -2.34. The van der Waals surface area contributed by atoms with E-state index < -0.39 is 0 Å². The number of fused-ring (bicyclic) bond motifs is 2. The Kier molecular flexibility index (Phi) is 10.1. The maximum Gasteiger partial charge on any atom is 0.270 e. The number of hydrogen-bond acceptors (Lipinski definition) is 6. The van der Waals surface area contributed by atoms with Gasteiger partial charge in [-0.3, -0.25) is 9.59 Å². The molecule has 0 N–H and O–H groups in total. The molecule has 1 saturated carbocycles. The van der Waals surface area contributed by atoms with Gasteiger partial charge in [-0.2, -0.15) is 0 Å². The fraction of sp³-hybridized carbons (Fsp3) is 0.302. The third kappa shape index (κ3) is 7.79. The van der Waals surface area contributed by atoms with Gasteiger partial charge in [-0.1, -0.05) is 68.0 Å². The summed E-state index contributed by atoms with van der Waals surface area (Å²) in [4.78, 5) is 35.0. The molecule has 7 nitrogen and oxygen atoms in total. The molecule has 4 heterocycles. The van der Waals surface area contributed by atoms with Crippen LogP contribution in [0.3, 0.4) is 0 Å². The van der Waals surface area contributed by atoms with E-state index in [2.05, 4.69) is 65.5 Å². The minimum absolute atomic E-state index is 0.00612. The van der Waals surface area contributed by atoms with E-state index in [1.54, 1.807) is 25.1 Å². The monoisotopic (exact) mass is 695 g/mol. The van der Waals surface area contributed by atoms with E-state index in [0.29, 0.717) is 21.9 Å². The van der Waals surface area contributed by atoms with Crippen molar-refractivity contribution in [3.05, 3.63) is 139 Å². The first-order valence-electron chi connectivity index (χ1n) is 17.8.